The first-order valence-corrected chi connectivity index (χ1v) is 9.16. The number of hydrogen-bond donors (Lipinski definition) is 2. The van der Waals surface area contributed by atoms with Gasteiger partial charge in [-0.05, 0) is 18.9 Å². The predicted octanol–water partition coefficient (Wildman–Crippen LogP) is 0.0446. The third-order valence-corrected chi connectivity index (χ3v) is 5.13. The van der Waals surface area contributed by atoms with E-state index in [4.69, 9.17) is 0 Å². The number of amides is 1. The Morgan fingerprint density at radius 2 is 1.91 bits per heavy atom. The predicted molar refractivity (Wildman–Crippen MR) is 90.4 cm³/mol. The summed E-state index contributed by atoms with van der Waals surface area (Å²) in [6.45, 7) is 4.70. The minimum Gasteiger partial charge on any atom is -0.348 e. The fraction of sp³-hybridized carbons (Fsp3) is 0.667. The van der Waals surface area contributed by atoms with Crippen LogP contribution in [0.4, 0.5) is 5.82 Å². The van der Waals surface area contributed by atoms with Crippen molar-refractivity contribution in [2.75, 3.05) is 37.6 Å². The lowest BCUT2D eigenvalue weighted by Crippen LogP contribution is -3.16. The molecule has 2 heterocycles. The Morgan fingerprint density at radius 3 is 2.57 bits per heavy atom. The van der Waals surface area contributed by atoms with Gasteiger partial charge in [0, 0.05) is 12.1 Å². The van der Waals surface area contributed by atoms with Crippen molar-refractivity contribution in [1.82, 2.24) is 5.32 Å². The second-order valence-corrected chi connectivity index (χ2v) is 6.92. The van der Waals surface area contributed by atoms with E-state index < -0.39 is 0 Å². The number of carbonyl (C=O) groups is 1. The molecule has 1 aliphatic heterocycles. The van der Waals surface area contributed by atoms with Crippen LogP contribution in [0.2, 0.25) is 0 Å². The molecule has 1 aromatic heterocycles. The summed E-state index contributed by atoms with van der Waals surface area (Å²) in [5.41, 5.74) is 0. The van der Waals surface area contributed by atoms with Gasteiger partial charge in [0.2, 0.25) is 0 Å². The van der Waals surface area contributed by atoms with Crippen molar-refractivity contribution in [3.63, 3.8) is 0 Å². The van der Waals surface area contributed by atoms with Gasteiger partial charge in [0.1, 0.15) is 26.2 Å². The van der Waals surface area contributed by atoms with Gasteiger partial charge >= 0.3 is 0 Å². The number of aromatic nitrogens is 1. The van der Waals surface area contributed by atoms with Gasteiger partial charge in [0.05, 0.1) is 6.20 Å². The van der Waals surface area contributed by atoms with Crippen molar-refractivity contribution >= 4 is 11.7 Å². The van der Waals surface area contributed by atoms with E-state index in [1.54, 1.807) is 0 Å². The molecule has 0 bridgehead atoms. The van der Waals surface area contributed by atoms with Crippen molar-refractivity contribution in [3.05, 3.63) is 24.4 Å². The molecule has 23 heavy (non-hydrogen) atoms. The van der Waals surface area contributed by atoms with Crippen LogP contribution in [0.5, 0.6) is 0 Å². The molecule has 126 valence electrons. The van der Waals surface area contributed by atoms with Crippen LogP contribution in [0.3, 0.4) is 0 Å². The lowest BCUT2D eigenvalue weighted by molar-refractivity contribution is -0.892. The molecule has 0 radical (unpaired) electrons. The van der Waals surface area contributed by atoms with Crippen molar-refractivity contribution < 1.29 is 14.7 Å². The maximum atomic E-state index is 12.3. The standard InChI is InChI=1S/C18H28N4O/c23-18(20-16-7-3-1-2-4-8-16)15-21-11-13-22(14-12-21)17-9-5-6-10-19-17/h5-6,9-10,16H,1-4,7-8,11-15H2,(H,20,23)/p+2. The molecule has 5 nitrogen and oxygen atoms in total. The molecule has 1 aliphatic carbocycles. The highest BCUT2D eigenvalue weighted by molar-refractivity contribution is 5.77. The van der Waals surface area contributed by atoms with Gasteiger partial charge in [-0.15, -0.1) is 0 Å². The largest absolute Gasteiger partial charge is 0.348 e. The number of anilines is 1. The summed E-state index contributed by atoms with van der Waals surface area (Å²) < 4.78 is 0. The number of piperazine rings is 1. The molecule has 1 amide bonds. The van der Waals surface area contributed by atoms with E-state index >= 15 is 0 Å². The lowest BCUT2D eigenvalue weighted by Gasteiger charge is -2.28. The summed E-state index contributed by atoms with van der Waals surface area (Å²) in [7, 11) is 0. The Hall–Kier alpha value is -1.62. The van der Waals surface area contributed by atoms with Gasteiger partial charge < -0.3 is 10.2 Å². The summed E-state index contributed by atoms with van der Waals surface area (Å²) in [4.78, 5) is 19.4. The highest BCUT2D eigenvalue weighted by atomic mass is 16.2. The average molecular weight is 318 g/mol. The number of hydrogen-bond acceptors (Lipinski definition) is 2. The molecule has 0 atom stereocenters. The minimum atomic E-state index is 0.242. The van der Waals surface area contributed by atoms with Crippen LogP contribution >= 0.6 is 0 Å². The Balaban J connectivity index is 1.40. The van der Waals surface area contributed by atoms with E-state index in [1.807, 2.05) is 12.3 Å². The monoisotopic (exact) mass is 318 g/mol. The third-order valence-electron chi connectivity index (χ3n) is 5.13. The van der Waals surface area contributed by atoms with E-state index in [9.17, 15) is 4.79 Å². The number of aromatic amines is 1. The molecule has 2 aliphatic rings. The minimum absolute atomic E-state index is 0.242. The maximum absolute atomic E-state index is 12.3. The molecule has 1 saturated carbocycles. The summed E-state index contributed by atoms with van der Waals surface area (Å²) in [5.74, 6) is 1.42. The van der Waals surface area contributed by atoms with Gasteiger partial charge in [0.25, 0.3) is 11.7 Å². The molecule has 0 unspecified atom stereocenters. The molecule has 0 aromatic carbocycles. The normalized spacial score (nSPS) is 21.0. The Morgan fingerprint density at radius 1 is 1.17 bits per heavy atom. The molecule has 5 heteroatoms. The second-order valence-electron chi connectivity index (χ2n) is 6.92. The van der Waals surface area contributed by atoms with Crippen LogP contribution < -0.4 is 20.1 Å². The van der Waals surface area contributed by atoms with Crippen LogP contribution in [-0.2, 0) is 4.79 Å². The fourth-order valence-corrected chi connectivity index (χ4v) is 3.75. The molecule has 3 N–H and O–H groups in total. The van der Waals surface area contributed by atoms with E-state index in [0.717, 1.165) is 26.2 Å². The molecule has 1 saturated heterocycles. The smallest absolute Gasteiger partial charge is 0.275 e. The first-order valence-electron chi connectivity index (χ1n) is 9.16. The fourth-order valence-electron chi connectivity index (χ4n) is 3.75. The number of nitrogens with zero attached hydrogens (tertiary/aromatic N) is 1. The molecule has 2 fully saturated rings. The summed E-state index contributed by atoms with van der Waals surface area (Å²) in [6, 6.07) is 6.60. The van der Waals surface area contributed by atoms with E-state index in [2.05, 4.69) is 27.3 Å². The highest BCUT2D eigenvalue weighted by Crippen LogP contribution is 2.16. The average Bonchev–Trinajstić information content (AvgIpc) is 2.85. The van der Waals surface area contributed by atoms with Gasteiger partial charge in [0.15, 0.2) is 6.54 Å². The highest BCUT2D eigenvalue weighted by Gasteiger charge is 2.27. The molecule has 1 aromatic rings. The van der Waals surface area contributed by atoms with Crippen LogP contribution in [0.1, 0.15) is 38.5 Å². The van der Waals surface area contributed by atoms with Crippen molar-refractivity contribution in [3.8, 4) is 0 Å². The van der Waals surface area contributed by atoms with Gasteiger partial charge in [-0.25, -0.2) is 4.98 Å². The number of H-pyrrole nitrogens is 1. The van der Waals surface area contributed by atoms with Crippen LogP contribution in [0.15, 0.2) is 24.4 Å². The molecule has 3 rings (SSSR count). The second kappa shape index (κ2) is 8.29. The van der Waals surface area contributed by atoms with Gasteiger partial charge in [-0.3, -0.25) is 9.69 Å². The van der Waals surface area contributed by atoms with Crippen LogP contribution in [-0.4, -0.2) is 44.7 Å². The van der Waals surface area contributed by atoms with Gasteiger partial charge in [-0.1, -0.05) is 31.7 Å². The maximum Gasteiger partial charge on any atom is 0.275 e. The van der Waals surface area contributed by atoms with Crippen LogP contribution in [0, 0.1) is 0 Å². The van der Waals surface area contributed by atoms with Crippen molar-refractivity contribution in [2.24, 2.45) is 0 Å². The number of carbonyl (C=O) groups excluding carboxylic acids is 1. The Kier molecular flexibility index (Phi) is 5.86. The van der Waals surface area contributed by atoms with E-state index in [-0.39, 0.29) is 5.91 Å². The summed E-state index contributed by atoms with van der Waals surface area (Å²) in [6.07, 6.45) is 9.49. The van der Waals surface area contributed by atoms with Crippen LogP contribution in [0.25, 0.3) is 0 Å². The lowest BCUT2D eigenvalue weighted by atomic mass is 10.1. The first-order chi connectivity index (χ1) is 11.3. The zero-order valence-corrected chi connectivity index (χ0v) is 14.0. The number of nitrogens with one attached hydrogen (secondary N) is 3. The Bertz CT molecular complexity index is 477. The SMILES string of the molecule is O=C(C[NH+]1CCN(c2cccc[nH+]2)CC1)NC1CCCCCC1. The molecule has 0 spiro atoms. The quantitative estimate of drug-likeness (QED) is 0.771. The Labute approximate surface area is 139 Å². The zero-order valence-electron chi connectivity index (χ0n) is 14.0. The zero-order chi connectivity index (χ0) is 15.9. The molecular weight excluding hydrogens is 288 g/mol. The number of rotatable bonds is 4. The third kappa shape index (κ3) is 4.93. The number of quaternary nitrogens is 1. The van der Waals surface area contributed by atoms with Crippen molar-refractivity contribution in [1.29, 1.82) is 0 Å². The van der Waals surface area contributed by atoms with E-state index in [1.165, 1.54) is 49.2 Å². The summed E-state index contributed by atoms with van der Waals surface area (Å²) in [5, 5.41) is 3.27. The van der Waals surface area contributed by atoms with Crippen molar-refractivity contribution in [2.45, 2.75) is 44.6 Å². The molecular formula is C18H30N4O+2. The first kappa shape index (κ1) is 16.2. The topological polar surface area (TPSA) is 50.9 Å². The van der Waals surface area contributed by atoms with E-state index in [0.29, 0.717) is 12.6 Å². The summed E-state index contributed by atoms with van der Waals surface area (Å²) >= 11 is 0. The number of pyridine rings is 1. The van der Waals surface area contributed by atoms with Gasteiger partial charge in [-0.2, -0.15) is 0 Å².